The number of carboxylic acid groups (broad SMARTS) is 1. The van der Waals surface area contributed by atoms with Crippen molar-refractivity contribution in [1.82, 2.24) is 15.6 Å². The zero-order valence-electron chi connectivity index (χ0n) is 24.0. The quantitative estimate of drug-likeness (QED) is 0.180. The van der Waals surface area contributed by atoms with E-state index in [2.05, 4.69) is 15.6 Å². The van der Waals surface area contributed by atoms with E-state index in [0.29, 0.717) is 16.7 Å². The molecule has 0 aliphatic carbocycles. The second-order valence-electron chi connectivity index (χ2n) is 10.6. The van der Waals surface area contributed by atoms with Crippen LogP contribution in [0.1, 0.15) is 46.4 Å². The summed E-state index contributed by atoms with van der Waals surface area (Å²) in [5.74, 6) is -1.14. The van der Waals surface area contributed by atoms with Crippen LogP contribution in [-0.2, 0) is 27.2 Å². The fraction of sp³-hybridized carbons (Fsp3) is 0.312. The SMILES string of the molecule is Cc1oc2c(C)c3oc(=O)c(CCC(=O)NC(Cc4c[nH]c5ccccc45)C(=O)NCCC(=O)O)c(C)c3cc2c1C. The van der Waals surface area contributed by atoms with E-state index >= 15 is 0 Å². The second-order valence-corrected chi connectivity index (χ2v) is 10.6. The minimum absolute atomic E-state index is 0.0467. The van der Waals surface area contributed by atoms with E-state index in [1.807, 2.05) is 58.0 Å². The molecule has 42 heavy (non-hydrogen) atoms. The number of benzene rings is 2. The molecule has 2 amide bonds. The second kappa shape index (κ2) is 11.6. The van der Waals surface area contributed by atoms with Crippen molar-refractivity contribution in [1.29, 1.82) is 0 Å². The number of H-pyrrole nitrogens is 1. The number of aliphatic carboxylic acids is 1. The molecule has 0 spiro atoms. The van der Waals surface area contributed by atoms with Gasteiger partial charge in [0.1, 0.15) is 23.0 Å². The first kappa shape index (κ1) is 28.7. The van der Waals surface area contributed by atoms with Crippen molar-refractivity contribution in [2.45, 2.75) is 59.4 Å². The number of carboxylic acids is 1. The maximum Gasteiger partial charge on any atom is 0.339 e. The van der Waals surface area contributed by atoms with Crippen molar-refractivity contribution < 1.29 is 28.3 Å². The summed E-state index contributed by atoms with van der Waals surface area (Å²) >= 11 is 0. The molecule has 0 saturated carbocycles. The number of fused-ring (bicyclic) bond motifs is 3. The highest BCUT2D eigenvalue weighted by molar-refractivity contribution is 6.00. The molecule has 0 fully saturated rings. The lowest BCUT2D eigenvalue weighted by Crippen LogP contribution is -2.48. The minimum Gasteiger partial charge on any atom is -0.481 e. The van der Waals surface area contributed by atoms with Gasteiger partial charge < -0.3 is 29.6 Å². The van der Waals surface area contributed by atoms with Gasteiger partial charge in [0.15, 0.2) is 0 Å². The molecule has 1 atom stereocenters. The Morgan fingerprint density at radius 3 is 2.40 bits per heavy atom. The summed E-state index contributed by atoms with van der Waals surface area (Å²) in [7, 11) is 0. The molecule has 10 heteroatoms. The Morgan fingerprint density at radius 2 is 1.64 bits per heavy atom. The predicted octanol–water partition coefficient (Wildman–Crippen LogP) is 4.51. The number of aromatic nitrogens is 1. The van der Waals surface area contributed by atoms with Crippen LogP contribution in [0.5, 0.6) is 0 Å². The number of hydrogen-bond donors (Lipinski definition) is 4. The molecule has 10 nitrogen and oxygen atoms in total. The Balaban J connectivity index is 1.36. The molecule has 0 bridgehead atoms. The third-order valence-electron chi connectivity index (χ3n) is 7.94. The van der Waals surface area contributed by atoms with Crippen LogP contribution >= 0.6 is 0 Å². The van der Waals surface area contributed by atoms with Crippen molar-refractivity contribution in [3.8, 4) is 0 Å². The van der Waals surface area contributed by atoms with Crippen LogP contribution in [-0.4, -0.2) is 40.5 Å². The van der Waals surface area contributed by atoms with Crippen LogP contribution in [0.3, 0.4) is 0 Å². The van der Waals surface area contributed by atoms with Gasteiger partial charge in [-0.1, -0.05) is 18.2 Å². The minimum atomic E-state index is -1.04. The lowest BCUT2D eigenvalue weighted by atomic mass is 9.98. The summed E-state index contributed by atoms with van der Waals surface area (Å²) in [6.07, 6.45) is 1.83. The molecule has 3 aromatic heterocycles. The fourth-order valence-electron chi connectivity index (χ4n) is 5.43. The molecule has 0 radical (unpaired) electrons. The van der Waals surface area contributed by atoms with Crippen molar-refractivity contribution in [2.75, 3.05) is 6.54 Å². The van der Waals surface area contributed by atoms with E-state index in [4.69, 9.17) is 13.9 Å². The van der Waals surface area contributed by atoms with Gasteiger partial charge in [-0.05, 0) is 62.9 Å². The number of rotatable bonds is 10. The van der Waals surface area contributed by atoms with Crippen LogP contribution in [0.2, 0.25) is 0 Å². The van der Waals surface area contributed by atoms with E-state index in [1.54, 1.807) is 6.20 Å². The highest BCUT2D eigenvalue weighted by Crippen LogP contribution is 2.34. The molecule has 0 aliphatic rings. The van der Waals surface area contributed by atoms with Gasteiger partial charge in [0.05, 0.1) is 6.42 Å². The van der Waals surface area contributed by atoms with Gasteiger partial charge >= 0.3 is 11.6 Å². The molecule has 5 aromatic rings. The maximum atomic E-state index is 13.1. The third kappa shape index (κ3) is 5.52. The molecule has 218 valence electrons. The molecule has 1 unspecified atom stereocenters. The Labute approximate surface area is 241 Å². The maximum absolute atomic E-state index is 13.1. The van der Waals surface area contributed by atoms with Crippen molar-refractivity contribution in [3.05, 3.63) is 80.5 Å². The van der Waals surface area contributed by atoms with Gasteiger partial charge in [-0.3, -0.25) is 14.4 Å². The zero-order valence-corrected chi connectivity index (χ0v) is 24.0. The van der Waals surface area contributed by atoms with Crippen LogP contribution in [0.4, 0.5) is 0 Å². The summed E-state index contributed by atoms with van der Waals surface area (Å²) in [4.78, 5) is 53.3. The number of para-hydroxylation sites is 1. The van der Waals surface area contributed by atoms with E-state index in [-0.39, 0.29) is 32.2 Å². The lowest BCUT2D eigenvalue weighted by molar-refractivity contribution is -0.137. The van der Waals surface area contributed by atoms with Crippen molar-refractivity contribution in [3.63, 3.8) is 0 Å². The van der Waals surface area contributed by atoms with Crippen molar-refractivity contribution in [2.24, 2.45) is 0 Å². The topological polar surface area (TPSA) is 155 Å². The number of nitrogens with one attached hydrogen (secondary N) is 3. The van der Waals surface area contributed by atoms with Crippen molar-refractivity contribution >= 4 is 50.6 Å². The van der Waals surface area contributed by atoms with E-state index in [1.165, 1.54) is 0 Å². The fourth-order valence-corrected chi connectivity index (χ4v) is 5.43. The van der Waals surface area contributed by atoms with Gasteiger partial charge in [0, 0.05) is 58.4 Å². The first-order chi connectivity index (χ1) is 20.0. The first-order valence-corrected chi connectivity index (χ1v) is 13.8. The number of amides is 2. The number of aryl methyl sites for hydroxylation is 4. The summed E-state index contributed by atoms with van der Waals surface area (Å²) in [6.45, 7) is 7.52. The van der Waals surface area contributed by atoms with Crippen LogP contribution in [0, 0.1) is 27.7 Å². The standard InChI is InChI=1S/C32H33N3O7/c1-16-19(4)41-29-18(3)30-24(14-23(16)29)17(2)21(32(40)42-30)9-10-27(36)35-26(31(39)33-12-11-28(37)38)13-20-15-34-25-8-6-5-7-22(20)25/h5-8,14-15,26,34H,9-13H2,1-4H3,(H,33,39)(H,35,36)(H,37,38). The molecule has 2 aromatic carbocycles. The summed E-state index contributed by atoms with van der Waals surface area (Å²) < 4.78 is 11.6. The zero-order chi connectivity index (χ0) is 30.1. The summed E-state index contributed by atoms with van der Waals surface area (Å²) in [6, 6.07) is 8.64. The first-order valence-electron chi connectivity index (χ1n) is 13.8. The monoisotopic (exact) mass is 571 g/mol. The molecule has 0 aliphatic heterocycles. The Bertz CT molecular complexity index is 1910. The molecular formula is C32H33N3O7. The van der Waals surface area contributed by atoms with Crippen LogP contribution in [0.25, 0.3) is 32.8 Å². The average Bonchev–Trinajstić information content (AvgIpc) is 3.49. The lowest BCUT2D eigenvalue weighted by Gasteiger charge is -2.18. The van der Waals surface area contributed by atoms with Gasteiger partial charge in [-0.2, -0.15) is 0 Å². The molecular weight excluding hydrogens is 538 g/mol. The van der Waals surface area contributed by atoms with E-state index in [0.717, 1.165) is 49.7 Å². The number of carbonyl (C=O) groups excluding carboxylic acids is 2. The summed E-state index contributed by atoms with van der Waals surface area (Å²) in [5.41, 5.74) is 5.27. The van der Waals surface area contributed by atoms with Crippen LogP contribution < -0.4 is 16.3 Å². The van der Waals surface area contributed by atoms with Gasteiger partial charge in [0.25, 0.3) is 0 Å². The number of aromatic amines is 1. The Kier molecular flexibility index (Phi) is 7.89. The molecule has 0 saturated heterocycles. The Hall–Kier alpha value is -4.86. The largest absolute Gasteiger partial charge is 0.481 e. The van der Waals surface area contributed by atoms with Gasteiger partial charge in [-0.15, -0.1) is 0 Å². The highest BCUT2D eigenvalue weighted by Gasteiger charge is 2.24. The predicted molar refractivity (Wildman–Crippen MR) is 159 cm³/mol. The number of furan rings is 1. The molecule has 3 heterocycles. The average molecular weight is 572 g/mol. The number of hydrogen-bond acceptors (Lipinski definition) is 6. The Morgan fingerprint density at radius 1 is 0.929 bits per heavy atom. The highest BCUT2D eigenvalue weighted by atomic mass is 16.4. The van der Waals surface area contributed by atoms with Gasteiger partial charge in [0.2, 0.25) is 11.8 Å². The summed E-state index contributed by atoms with van der Waals surface area (Å²) in [5, 5.41) is 17.0. The van der Waals surface area contributed by atoms with E-state index < -0.39 is 29.5 Å². The number of carbonyl (C=O) groups is 3. The van der Waals surface area contributed by atoms with E-state index in [9.17, 15) is 19.2 Å². The molecule has 5 rings (SSSR count). The van der Waals surface area contributed by atoms with Gasteiger partial charge in [-0.25, -0.2) is 4.79 Å². The smallest absolute Gasteiger partial charge is 0.339 e. The third-order valence-corrected chi connectivity index (χ3v) is 7.94. The van der Waals surface area contributed by atoms with Crippen LogP contribution in [0.15, 0.2) is 50.2 Å². The molecule has 4 N–H and O–H groups in total. The normalized spacial score (nSPS) is 12.2.